The quantitative estimate of drug-likeness (QED) is 0.507. The van der Waals surface area contributed by atoms with Crippen molar-refractivity contribution in [2.24, 2.45) is 0 Å². The van der Waals surface area contributed by atoms with Crippen LogP contribution in [-0.4, -0.2) is 25.0 Å². The molecule has 1 aliphatic rings. The number of para-hydroxylation sites is 1. The van der Waals surface area contributed by atoms with E-state index >= 15 is 0 Å². The van der Waals surface area contributed by atoms with Crippen molar-refractivity contribution in [3.63, 3.8) is 0 Å². The number of nitrogens with one attached hydrogen (secondary N) is 3. The average molecular weight is 358 g/mol. The number of benzene rings is 1. The smallest absolute Gasteiger partial charge is 0.119 e. The fraction of sp³-hybridized carbons (Fsp3) is 0.105. The van der Waals surface area contributed by atoms with Gasteiger partial charge in [-0.1, -0.05) is 18.2 Å². The number of pyridine rings is 1. The van der Waals surface area contributed by atoms with Gasteiger partial charge >= 0.3 is 0 Å². The molecule has 0 aliphatic carbocycles. The Morgan fingerprint density at radius 2 is 1.93 bits per heavy atom. The number of H-pyrrole nitrogens is 1. The van der Waals surface area contributed by atoms with Gasteiger partial charge in [0, 0.05) is 24.3 Å². The zero-order valence-electron chi connectivity index (χ0n) is 14.5. The largest absolute Gasteiger partial charge is 0.300 e. The molecule has 5 rings (SSSR count). The number of fused-ring (bicyclic) bond motifs is 1. The first-order valence-electron chi connectivity index (χ1n) is 8.74. The second kappa shape index (κ2) is 6.58. The van der Waals surface area contributed by atoms with Crippen LogP contribution < -0.4 is 16.0 Å². The van der Waals surface area contributed by atoms with Crippen LogP contribution in [0.5, 0.6) is 0 Å². The predicted octanol–water partition coefficient (Wildman–Crippen LogP) is 2.22. The molecule has 1 aromatic carbocycles. The minimum Gasteiger partial charge on any atom is -0.300 e. The molecule has 0 radical (unpaired) electrons. The highest BCUT2D eigenvalue weighted by Crippen LogP contribution is 2.24. The van der Waals surface area contributed by atoms with Crippen molar-refractivity contribution in [1.29, 1.82) is 0 Å². The summed E-state index contributed by atoms with van der Waals surface area (Å²) in [7, 11) is 0. The summed E-state index contributed by atoms with van der Waals surface area (Å²) in [6, 6.07) is 12.1. The Morgan fingerprint density at radius 1 is 1.04 bits per heavy atom. The molecule has 0 fully saturated rings. The Hall–Kier alpha value is -3.65. The van der Waals surface area contributed by atoms with E-state index in [4.69, 9.17) is 0 Å². The number of aromatic amines is 1. The predicted molar refractivity (Wildman–Crippen MR) is 103 cm³/mol. The number of anilines is 1. The van der Waals surface area contributed by atoms with Crippen molar-refractivity contribution < 1.29 is 0 Å². The van der Waals surface area contributed by atoms with Gasteiger partial charge in [0.25, 0.3) is 0 Å². The van der Waals surface area contributed by atoms with E-state index in [0.29, 0.717) is 0 Å². The summed E-state index contributed by atoms with van der Waals surface area (Å²) >= 11 is 0. The SMILES string of the molecule is C1=C(c2n[nH]c3ccccc23)NNN1c1cnn(CCc2ccncc2)c1. The lowest BCUT2D eigenvalue weighted by atomic mass is 10.2. The van der Waals surface area contributed by atoms with Gasteiger partial charge in [-0.3, -0.25) is 25.2 Å². The Balaban J connectivity index is 1.32. The summed E-state index contributed by atoms with van der Waals surface area (Å²) in [6.07, 6.45) is 10.4. The maximum atomic E-state index is 4.45. The molecular weight excluding hydrogens is 340 g/mol. The Morgan fingerprint density at radius 3 is 2.85 bits per heavy atom. The van der Waals surface area contributed by atoms with Crippen LogP contribution in [0, 0.1) is 0 Å². The molecule has 1 aliphatic heterocycles. The number of aryl methyl sites for hydroxylation is 2. The minimum absolute atomic E-state index is 0.811. The number of hydrogen-bond donors (Lipinski definition) is 3. The van der Waals surface area contributed by atoms with Crippen molar-refractivity contribution in [1.82, 2.24) is 35.9 Å². The maximum absolute atomic E-state index is 4.45. The zero-order valence-corrected chi connectivity index (χ0v) is 14.5. The van der Waals surface area contributed by atoms with Crippen molar-refractivity contribution in [2.75, 3.05) is 5.01 Å². The van der Waals surface area contributed by atoms with Gasteiger partial charge in [0.15, 0.2) is 0 Å². The number of aromatic nitrogens is 5. The topological polar surface area (TPSA) is 86.7 Å². The van der Waals surface area contributed by atoms with Crippen LogP contribution >= 0.6 is 0 Å². The van der Waals surface area contributed by atoms with E-state index in [9.17, 15) is 0 Å². The second-order valence-electron chi connectivity index (χ2n) is 6.33. The third-order valence-electron chi connectivity index (χ3n) is 4.57. The highest BCUT2D eigenvalue weighted by molar-refractivity contribution is 5.90. The lowest BCUT2D eigenvalue weighted by Crippen LogP contribution is -2.36. The van der Waals surface area contributed by atoms with Crippen molar-refractivity contribution >= 4 is 22.3 Å². The number of hydrogen-bond acceptors (Lipinski definition) is 6. The van der Waals surface area contributed by atoms with Gasteiger partial charge in [0.05, 0.1) is 35.5 Å². The first kappa shape index (κ1) is 15.6. The number of rotatable bonds is 5. The molecule has 0 amide bonds. The molecule has 0 spiro atoms. The highest BCUT2D eigenvalue weighted by Gasteiger charge is 2.19. The molecule has 0 saturated carbocycles. The highest BCUT2D eigenvalue weighted by atomic mass is 15.7. The lowest BCUT2D eigenvalue weighted by Gasteiger charge is -2.11. The molecule has 3 N–H and O–H groups in total. The standard InChI is InChI=1S/C19H18N8/c1-2-4-17-16(3-1)19(24-22-17)18-13-27(25-23-18)15-11-21-26(12-15)10-7-14-5-8-20-9-6-14/h1-6,8-9,11-13,23,25H,7,10H2,(H,22,24). The molecule has 0 bridgehead atoms. The van der Waals surface area contributed by atoms with Crippen molar-refractivity contribution in [2.45, 2.75) is 13.0 Å². The molecule has 8 nitrogen and oxygen atoms in total. The van der Waals surface area contributed by atoms with Crippen LogP contribution in [0.15, 0.2) is 67.4 Å². The molecule has 0 atom stereocenters. The fourth-order valence-corrected chi connectivity index (χ4v) is 3.13. The van der Waals surface area contributed by atoms with Gasteiger partial charge in [0.2, 0.25) is 0 Å². The lowest BCUT2D eigenvalue weighted by molar-refractivity contribution is 0.614. The van der Waals surface area contributed by atoms with Crippen LogP contribution in [0.2, 0.25) is 0 Å². The summed E-state index contributed by atoms with van der Waals surface area (Å²) in [5.41, 5.74) is 11.3. The van der Waals surface area contributed by atoms with Crippen LogP contribution in [0.4, 0.5) is 5.69 Å². The van der Waals surface area contributed by atoms with E-state index in [1.165, 1.54) is 5.56 Å². The molecule has 0 saturated heterocycles. The van der Waals surface area contributed by atoms with Crippen molar-refractivity contribution in [3.8, 4) is 0 Å². The average Bonchev–Trinajstić information content (AvgIpc) is 3.45. The summed E-state index contributed by atoms with van der Waals surface area (Å²) in [6.45, 7) is 0.811. The normalized spacial score (nSPS) is 13.8. The molecule has 8 heteroatoms. The van der Waals surface area contributed by atoms with Gasteiger partial charge in [-0.2, -0.15) is 10.2 Å². The molecule has 0 unspecified atom stereocenters. The summed E-state index contributed by atoms with van der Waals surface area (Å²) in [4.78, 5) is 4.05. The summed E-state index contributed by atoms with van der Waals surface area (Å²) < 4.78 is 1.94. The molecule has 27 heavy (non-hydrogen) atoms. The molecule has 3 aromatic heterocycles. The van der Waals surface area contributed by atoms with E-state index in [0.717, 1.165) is 40.9 Å². The van der Waals surface area contributed by atoms with E-state index in [1.54, 1.807) is 0 Å². The fourth-order valence-electron chi connectivity index (χ4n) is 3.13. The van der Waals surface area contributed by atoms with Gasteiger partial charge in [-0.25, -0.2) is 0 Å². The summed E-state index contributed by atoms with van der Waals surface area (Å²) in [5, 5.41) is 14.9. The molecular formula is C19H18N8. The first-order valence-corrected chi connectivity index (χ1v) is 8.74. The van der Waals surface area contributed by atoms with Gasteiger partial charge in [-0.05, 0) is 30.2 Å². The molecule has 134 valence electrons. The van der Waals surface area contributed by atoms with Crippen LogP contribution in [-0.2, 0) is 13.0 Å². The third-order valence-corrected chi connectivity index (χ3v) is 4.57. The monoisotopic (exact) mass is 358 g/mol. The van der Waals surface area contributed by atoms with E-state index in [2.05, 4.69) is 37.3 Å². The third kappa shape index (κ3) is 3.02. The second-order valence-corrected chi connectivity index (χ2v) is 6.33. The minimum atomic E-state index is 0.811. The van der Waals surface area contributed by atoms with Crippen LogP contribution in [0.3, 0.4) is 0 Å². The maximum Gasteiger partial charge on any atom is 0.119 e. The van der Waals surface area contributed by atoms with Crippen LogP contribution in [0.25, 0.3) is 16.6 Å². The van der Waals surface area contributed by atoms with E-state index in [-0.39, 0.29) is 0 Å². The molecule has 4 heterocycles. The van der Waals surface area contributed by atoms with Gasteiger partial charge in [-0.15, -0.1) is 5.53 Å². The first-order chi connectivity index (χ1) is 13.4. The van der Waals surface area contributed by atoms with Crippen LogP contribution in [0.1, 0.15) is 11.3 Å². The molecule has 4 aromatic rings. The Kier molecular flexibility index (Phi) is 3.80. The van der Waals surface area contributed by atoms with Gasteiger partial charge in [0.1, 0.15) is 5.69 Å². The van der Waals surface area contributed by atoms with E-state index < -0.39 is 0 Å². The van der Waals surface area contributed by atoms with E-state index in [1.807, 2.05) is 71.0 Å². The number of nitrogens with zero attached hydrogens (tertiary/aromatic N) is 5. The Bertz CT molecular complexity index is 1100. The Labute approximate surface area is 155 Å². The number of hydrazine groups is 2. The zero-order chi connectivity index (χ0) is 18.1. The van der Waals surface area contributed by atoms with Gasteiger partial charge < -0.3 is 0 Å². The summed E-state index contributed by atoms with van der Waals surface area (Å²) in [5.74, 6) is 0. The van der Waals surface area contributed by atoms with Crippen molar-refractivity contribution in [3.05, 3.63) is 78.6 Å².